The highest BCUT2D eigenvalue weighted by molar-refractivity contribution is 5.74. The summed E-state index contributed by atoms with van der Waals surface area (Å²) >= 11 is 0. The Labute approximate surface area is 115 Å². The van der Waals surface area contributed by atoms with Crippen LogP contribution < -0.4 is 4.74 Å². The Balaban J connectivity index is 2.05. The zero-order valence-corrected chi connectivity index (χ0v) is 10.8. The Morgan fingerprint density at radius 1 is 0.950 bits per heavy atom. The first kappa shape index (κ1) is 12.4. The van der Waals surface area contributed by atoms with Gasteiger partial charge in [-0.25, -0.2) is 4.98 Å². The summed E-state index contributed by atoms with van der Waals surface area (Å²) in [6.45, 7) is 0. The molecule has 20 heavy (non-hydrogen) atoms. The Kier molecular flexibility index (Phi) is 3.22. The lowest BCUT2D eigenvalue weighted by molar-refractivity contribution is 0.207. The smallest absolute Gasteiger partial charge is 0.238 e. The normalized spacial score (nSPS) is 12.3. The van der Waals surface area contributed by atoms with E-state index in [0.29, 0.717) is 22.7 Å². The van der Waals surface area contributed by atoms with Crippen molar-refractivity contribution in [2.45, 2.75) is 6.10 Å². The van der Waals surface area contributed by atoms with Gasteiger partial charge in [0.2, 0.25) is 5.88 Å². The lowest BCUT2D eigenvalue weighted by atomic mass is 10.1. The molecule has 3 aromatic rings. The van der Waals surface area contributed by atoms with E-state index in [4.69, 9.17) is 4.74 Å². The average Bonchev–Trinajstić information content (AvgIpc) is 2.53. The zero-order valence-electron chi connectivity index (χ0n) is 10.8. The van der Waals surface area contributed by atoms with Crippen LogP contribution in [0, 0.1) is 0 Å². The SMILES string of the molecule is COc1nccnc1C(O)c1ccc2nccnc2c1. The molecule has 0 radical (unpaired) electrons. The molecule has 1 atom stereocenters. The number of fused-ring (bicyclic) bond motifs is 1. The lowest BCUT2D eigenvalue weighted by Crippen LogP contribution is -2.06. The van der Waals surface area contributed by atoms with Crippen LogP contribution in [0.2, 0.25) is 0 Å². The van der Waals surface area contributed by atoms with Gasteiger partial charge in [0.15, 0.2) is 0 Å². The molecular weight excluding hydrogens is 256 g/mol. The molecule has 0 amide bonds. The molecule has 0 saturated carbocycles. The van der Waals surface area contributed by atoms with Crippen molar-refractivity contribution in [3.63, 3.8) is 0 Å². The zero-order chi connectivity index (χ0) is 13.9. The van der Waals surface area contributed by atoms with Crippen LogP contribution in [0.3, 0.4) is 0 Å². The molecule has 100 valence electrons. The molecule has 1 N–H and O–H groups in total. The maximum absolute atomic E-state index is 10.4. The minimum absolute atomic E-state index is 0.305. The van der Waals surface area contributed by atoms with E-state index in [1.165, 1.54) is 19.5 Å². The highest BCUT2D eigenvalue weighted by atomic mass is 16.5. The molecule has 6 heteroatoms. The van der Waals surface area contributed by atoms with Crippen LogP contribution in [0.1, 0.15) is 17.4 Å². The van der Waals surface area contributed by atoms with Crippen LogP contribution in [0.15, 0.2) is 43.0 Å². The van der Waals surface area contributed by atoms with E-state index in [-0.39, 0.29) is 0 Å². The standard InChI is InChI=1S/C14H12N4O2/c1-20-14-12(17-6-7-18-14)13(19)9-2-3-10-11(8-9)16-5-4-15-10/h2-8,13,19H,1H3. The third kappa shape index (κ3) is 2.17. The van der Waals surface area contributed by atoms with Crippen molar-refractivity contribution >= 4 is 11.0 Å². The van der Waals surface area contributed by atoms with E-state index in [0.717, 1.165) is 5.52 Å². The molecule has 0 saturated heterocycles. The average molecular weight is 268 g/mol. The monoisotopic (exact) mass is 268 g/mol. The fourth-order valence-corrected chi connectivity index (χ4v) is 1.99. The predicted molar refractivity (Wildman–Crippen MR) is 72.2 cm³/mol. The molecule has 2 heterocycles. The fraction of sp³-hybridized carbons (Fsp3) is 0.143. The van der Waals surface area contributed by atoms with Crippen molar-refractivity contribution in [3.8, 4) is 5.88 Å². The molecule has 0 bridgehead atoms. The van der Waals surface area contributed by atoms with Gasteiger partial charge in [0.05, 0.1) is 18.1 Å². The third-order valence-electron chi connectivity index (χ3n) is 2.95. The second-order valence-corrected chi connectivity index (χ2v) is 4.16. The summed E-state index contributed by atoms with van der Waals surface area (Å²) in [5.41, 5.74) is 2.52. The van der Waals surface area contributed by atoms with Crippen LogP contribution in [-0.4, -0.2) is 32.2 Å². The fourth-order valence-electron chi connectivity index (χ4n) is 1.99. The Morgan fingerprint density at radius 2 is 1.65 bits per heavy atom. The van der Waals surface area contributed by atoms with E-state index in [9.17, 15) is 5.11 Å². The van der Waals surface area contributed by atoms with Gasteiger partial charge >= 0.3 is 0 Å². The molecule has 0 aliphatic rings. The minimum Gasteiger partial charge on any atom is -0.480 e. The van der Waals surface area contributed by atoms with Gasteiger partial charge in [-0.05, 0) is 17.7 Å². The number of aromatic nitrogens is 4. The van der Waals surface area contributed by atoms with Gasteiger partial charge in [0.1, 0.15) is 11.8 Å². The number of rotatable bonds is 3. The summed E-state index contributed by atoms with van der Waals surface area (Å²) in [6.07, 6.45) is 5.35. The molecule has 0 aliphatic carbocycles. The van der Waals surface area contributed by atoms with E-state index in [1.54, 1.807) is 24.5 Å². The molecule has 1 aromatic carbocycles. The van der Waals surface area contributed by atoms with Crippen molar-refractivity contribution in [3.05, 3.63) is 54.2 Å². The molecule has 3 rings (SSSR count). The first-order chi connectivity index (χ1) is 9.79. The summed E-state index contributed by atoms with van der Waals surface area (Å²) in [6, 6.07) is 5.38. The first-order valence-electron chi connectivity index (χ1n) is 6.03. The molecule has 0 spiro atoms. The van der Waals surface area contributed by atoms with Crippen molar-refractivity contribution in [2.24, 2.45) is 0 Å². The van der Waals surface area contributed by atoms with Crippen molar-refractivity contribution in [1.29, 1.82) is 0 Å². The lowest BCUT2D eigenvalue weighted by Gasteiger charge is -2.13. The van der Waals surface area contributed by atoms with E-state index in [2.05, 4.69) is 19.9 Å². The van der Waals surface area contributed by atoms with Crippen molar-refractivity contribution in [2.75, 3.05) is 7.11 Å². The van der Waals surface area contributed by atoms with E-state index in [1.807, 2.05) is 6.07 Å². The number of aliphatic hydroxyl groups is 1. The predicted octanol–water partition coefficient (Wildman–Crippen LogP) is 1.51. The summed E-state index contributed by atoms with van der Waals surface area (Å²) in [4.78, 5) is 16.6. The Bertz CT molecular complexity index is 748. The van der Waals surface area contributed by atoms with Crippen LogP contribution in [-0.2, 0) is 0 Å². The highest BCUT2D eigenvalue weighted by Gasteiger charge is 2.18. The topological polar surface area (TPSA) is 81.0 Å². The summed E-state index contributed by atoms with van der Waals surface area (Å²) in [5, 5.41) is 10.4. The van der Waals surface area contributed by atoms with Gasteiger partial charge in [-0.3, -0.25) is 15.0 Å². The number of benzene rings is 1. The van der Waals surface area contributed by atoms with Crippen molar-refractivity contribution < 1.29 is 9.84 Å². The highest BCUT2D eigenvalue weighted by Crippen LogP contribution is 2.27. The molecule has 6 nitrogen and oxygen atoms in total. The van der Waals surface area contributed by atoms with Gasteiger partial charge in [-0.15, -0.1) is 0 Å². The second-order valence-electron chi connectivity index (χ2n) is 4.16. The Morgan fingerprint density at radius 3 is 2.45 bits per heavy atom. The van der Waals surface area contributed by atoms with E-state index < -0.39 is 6.10 Å². The molecular formula is C14H12N4O2. The van der Waals surface area contributed by atoms with Gasteiger partial charge in [0, 0.05) is 24.8 Å². The van der Waals surface area contributed by atoms with Gasteiger partial charge in [-0.2, -0.15) is 0 Å². The van der Waals surface area contributed by atoms with E-state index >= 15 is 0 Å². The summed E-state index contributed by atoms with van der Waals surface area (Å²) in [7, 11) is 1.49. The van der Waals surface area contributed by atoms with Crippen LogP contribution in [0.5, 0.6) is 5.88 Å². The number of nitrogens with zero attached hydrogens (tertiary/aromatic N) is 4. The number of hydrogen-bond donors (Lipinski definition) is 1. The first-order valence-corrected chi connectivity index (χ1v) is 6.03. The van der Waals surface area contributed by atoms with Gasteiger partial charge in [0.25, 0.3) is 0 Å². The summed E-state index contributed by atoms with van der Waals surface area (Å²) < 4.78 is 5.11. The minimum atomic E-state index is -0.926. The quantitative estimate of drug-likeness (QED) is 0.775. The summed E-state index contributed by atoms with van der Waals surface area (Å²) in [5.74, 6) is 0.305. The number of methoxy groups -OCH3 is 1. The van der Waals surface area contributed by atoms with Crippen LogP contribution >= 0.6 is 0 Å². The molecule has 0 aliphatic heterocycles. The van der Waals surface area contributed by atoms with Crippen LogP contribution in [0.25, 0.3) is 11.0 Å². The van der Waals surface area contributed by atoms with Gasteiger partial charge < -0.3 is 9.84 Å². The molecule has 2 aromatic heterocycles. The maximum Gasteiger partial charge on any atom is 0.238 e. The van der Waals surface area contributed by atoms with Crippen molar-refractivity contribution in [1.82, 2.24) is 19.9 Å². The molecule has 1 unspecified atom stereocenters. The van der Waals surface area contributed by atoms with Crippen LogP contribution in [0.4, 0.5) is 0 Å². The molecule has 0 fully saturated rings. The number of ether oxygens (including phenoxy) is 1. The second kappa shape index (κ2) is 5.18. The Hall–Kier alpha value is -2.60. The van der Waals surface area contributed by atoms with Gasteiger partial charge in [-0.1, -0.05) is 6.07 Å². The number of hydrogen-bond acceptors (Lipinski definition) is 6. The maximum atomic E-state index is 10.4. The number of aliphatic hydroxyl groups excluding tert-OH is 1. The largest absolute Gasteiger partial charge is 0.480 e. The third-order valence-corrected chi connectivity index (χ3v) is 2.95.